The molecule has 64 valence electrons. The fraction of sp³-hybridized carbons (Fsp3) is 0.857. The molecule has 0 radical (unpaired) electrons. The maximum Gasteiger partial charge on any atom is 0.179 e. The molecule has 0 aliphatic heterocycles. The van der Waals surface area contributed by atoms with Gasteiger partial charge in [-0.05, 0) is 0 Å². The first-order valence-electron chi connectivity index (χ1n) is 3.47. The molecule has 0 aromatic rings. The maximum atomic E-state index is 8.54. The van der Waals surface area contributed by atoms with E-state index in [0.29, 0.717) is 26.3 Å². The monoisotopic (exact) mass is 158 g/mol. The Morgan fingerprint density at radius 1 is 1.18 bits per heavy atom. The van der Waals surface area contributed by atoms with E-state index >= 15 is 0 Å². The van der Waals surface area contributed by atoms with Gasteiger partial charge in [-0.25, -0.2) is 0 Å². The molecule has 0 saturated heterocycles. The van der Waals surface area contributed by atoms with Crippen LogP contribution in [0.2, 0.25) is 0 Å². The van der Waals surface area contributed by atoms with E-state index in [1.165, 1.54) is 0 Å². The Morgan fingerprint density at radius 3 is 1.91 bits per heavy atom. The molecule has 0 rings (SSSR count). The number of nitriles is 1. The van der Waals surface area contributed by atoms with Crippen molar-refractivity contribution < 1.29 is 9.47 Å². The summed E-state index contributed by atoms with van der Waals surface area (Å²) >= 11 is 0. The van der Waals surface area contributed by atoms with Gasteiger partial charge in [0.15, 0.2) is 6.19 Å². The van der Waals surface area contributed by atoms with Gasteiger partial charge < -0.3 is 14.4 Å². The summed E-state index contributed by atoms with van der Waals surface area (Å²) < 4.78 is 9.64. The number of nitrogens with zero attached hydrogens (tertiary/aromatic N) is 2. The van der Waals surface area contributed by atoms with Crippen molar-refractivity contribution in [1.29, 1.82) is 5.26 Å². The largest absolute Gasteiger partial charge is 0.383 e. The van der Waals surface area contributed by atoms with Crippen LogP contribution in [0.1, 0.15) is 0 Å². The fourth-order valence-electron chi connectivity index (χ4n) is 0.615. The van der Waals surface area contributed by atoms with Gasteiger partial charge in [-0.3, -0.25) is 0 Å². The molecule has 4 heteroatoms. The molecule has 0 aromatic carbocycles. The third-order valence-electron chi connectivity index (χ3n) is 1.27. The van der Waals surface area contributed by atoms with E-state index < -0.39 is 0 Å². The number of ether oxygens (including phenoxy) is 2. The summed E-state index contributed by atoms with van der Waals surface area (Å²) in [5.41, 5.74) is 0. The summed E-state index contributed by atoms with van der Waals surface area (Å²) in [6, 6.07) is 0. The predicted octanol–water partition coefficient (Wildman–Crippen LogP) is 0.0623. The Morgan fingerprint density at radius 2 is 1.64 bits per heavy atom. The van der Waals surface area contributed by atoms with Crippen LogP contribution in [0.4, 0.5) is 0 Å². The number of rotatable bonds is 6. The quantitative estimate of drug-likeness (QED) is 0.405. The lowest BCUT2D eigenvalue weighted by molar-refractivity contribution is 0.141. The van der Waals surface area contributed by atoms with Crippen LogP contribution in [0.25, 0.3) is 0 Å². The Labute approximate surface area is 67.3 Å². The van der Waals surface area contributed by atoms with Crippen molar-refractivity contribution in [3.63, 3.8) is 0 Å². The second kappa shape index (κ2) is 7.32. The minimum atomic E-state index is 0.581. The van der Waals surface area contributed by atoms with Crippen molar-refractivity contribution in [2.75, 3.05) is 40.5 Å². The van der Waals surface area contributed by atoms with Crippen LogP contribution in [-0.2, 0) is 9.47 Å². The molecule has 0 bridgehead atoms. The lowest BCUT2D eigenvalue weighted by Gasteiger charge is -2.13. The van der Waals surface area contributed by atoms with Crippen molar-refractivity contribution in [3.8, 4) is 6.19 Å². The normalized spacial score (nSPS) is 9.18. The zero-order valence-electron chi connectivity index (χ0n) is 7.04. The van der Waals surface area contributed by atoms with Gasteiger partial charge in [0.25, 0.3) is 0 Å². The molecule has 0 saturated carbocycles. The summed E-state index contributed by atoms with van der Waals surface area (Å²) in [6.45, 7) is 2.43. The molecule has 0 aliphatic carbocycles. The standard InChI is InChI=1S/C7H14N2O2/c1-10-5-3-9(7-8)4-6-11-2/h3-6H2,1-2H3. The van der Waals surface area contributed by atoms with E-state index in [4.69, 9.17) is 14.7 Å². The third kappa shape index (κ3) is 5.64. The van der Waals surface area contributed by atoms with Crippen molar-refractivity contribution in [2.24, 2.45) is 0 Å². The molecule has 0 aliphatic rings. The molecule has 11 heavy (non-hydrogen) atoms. The maximum absolute atomic E-state index is 8.54. The van der Waals surface area contributed by atoms with Crippen LogP contribution in [-0.4, -0.2) is 45.4 Å². The van der Waals surface area contributed by atoms with E-state index in [-0.39, 0.29) is 0 Å². The minimum absolute atomic E-state index is 0.581. The predicted molar refractivity (Wildman–Crippen MR) is 40.9 cm³/mol. The summed E-state index contributed by atoms with van der Waals surface area (Å²) in [4.78, 5) is 1.60. The van der Waals surface area contributed by atoms with Gasteiger partial charge in [-0.2, -0.15) is 5.26 Å². The van der Waals surface area contributed by atoms with Gasteiger partial charge in [-0.15, -0.1) is 0 Å². The summed E-state index contributed by atoms with van der Waals surface area (Å²) in [5, 5.41) is 8.54. The average Bonchev–Trinajstić information content (AvgIpc) is 2.05. The van der Waals surface area contributed by atoms with Crippen LogP contribution in [0.15, 0.2) is 0 Å². The highest BCUT2D eigenvalue weighted by atomic mass is 16.5. The van der Waals surface area contributed by atoms with E-state index in [9.17, 15) is 0 Å². The summed E-state index contributed by atoms with van der Waals surface area (Å²) in [7, 11) is 3.23. The van der Waals surface area contributed by atoms with E-state index in [1.54, 1.807) is 19.1 Å². The zero-order chi connectivity index (χ0) is 8.53. The van der Waals surface area contributed by atoms with Crippen LogP contribution in [0, 0.1) is 11.5 Å². The summed E-state index contributed by atoms with van der Waals surface area (Å²) in [6.07, 6.45) is 2.04. The molecular weight excluding hydrogens is 144 g/mol. The van der Waals surface area contributed by atoms with Crippen LogP contribution in [0.3, 0.4) is 0 Å². The fourth-order valence-corrected chi connectivity index (χ4v) is 0.615. The first kappa shape index (κ1) is 10.2. The lowest BCUT2D eigenvalue weighted by Crippen LogP contribution is -2.25. The lowest BCUT2D eigenvalue weighted by atomic mass is 10.5. The molecule has 4 nitrogen and oxygen atoms in total. The van der Waals surface area contributed by atoms with Crippen molar-refractivity contribution in [3.05, 3.63) is 0 Å². The number of hydrogen-bond acceptors (Lipinski definition) is 4. The first-order chi connectivity index (χ1) is 5.35. The van der Waals surface area contributed by atoms with Gasteiger partial charge in [0.2, 0.25) is 0 Å². The highest BCUT2D eigenvalue weighted by Crippen LogP contribution is 1.84. The summed E-state index contributed by atoms with van der Waals surface area (Å²) in [5.74, 6) is 0. The highest BCUT2D eigenvalue weighted by Gasteiger charge is 1.98. The Hall–Kier alpha value is -0.790. The van der Waals surface area contributed by atoms with E-state index in [1.807, 2.05) is 6.19 Å². The topological polar surface area (TPSA) is 45.5 Å². The molecule has 0 fully saturated rings. The SMILES string of the molecule is COCCN(C#N)CCOC. The molecule has 0 unspecified atom stereocenters. The first-order valence-corrected chi connectivity index (χ1v) is 3.47. The van der Waals surface area contributed by atoms with Crippen molar-refractivity contribution in [1.82, 2.24) is 4.90 Å². The van der Waals surface area contributed by atoms with Gasteiger partial charge in [0.1, 0.15) is 0 Å². The molecule has 0 amide bonds. The van der Waals surface area contributed by atoms with Crippen molar-refractivity contribution >= 4 is 0 Å². The molecule has 0 spiro atoms. The second-order valence-electron chi connectivity index (χ2n) is 2.07. The van der Waals surface area contributed by atoms with E-state index in [0.717, 1.165) is 0 Å². The van der Waals surface area contributed by atoms with Gasteiger partial charge in [0, 0.05) is 14.2 Å². The third-order valence-corrected chi connectivity index (χ3v) is 1.27. The molecule has 0 heterocycles. The Bertz CT molecular complexity index is 114. The second-order valence-corrected chi connectivity index (χ2v) is 2.07. The molecule has 0 aromatic heterocycles. The van der Waals surface area contributed by atoms with Gasteiger partial charge in [-0.1, -0.05) is 0 Å². The number of methoxy groups -OCH3 is 2. The van der Waals surface area contributed by atoms with Crippen LogP contribution in [0.5, 0.6) is 0 Å². The highest BCUT2D eigenvalue weighted by molar-refractivity contribution is 4.72. The minimum Gasteiger partial charge on any atom is -0.383 e. The van der Waals surface area contributed by atoms with Gasteiger partial charge in [0.05, 0.1) is 26.3 Å². The van der Waals surface area contributed by atoms with Gasteiger partial charge >= 0.3 is 0 Å². The van der Waals surface area contributed by atoms with Crippen molar-refractivity contribution in [2.45, 2.75) is 0 Å². The average molecular weight is 158 g/mol. The van der Waals surface area contributed by atoms with E-state index in [2.05, 4.69) is 0 Å². The van der Waals surface area contributed by atoms with Crippen LogP contribution < -0.4 is 0 Å². The Balaban J connectivity index is 3.35. The molecule has 0 atom stereocenters. The molecular formula is C7H14N2O2. The Kier molecular flexibility index (Phi) is 6.79. The smallest absolute Gasteiger partial charge is 0.179 e. The van der Waals surface area contributed by atoms with Crippen LogP contribution >= 0.6 is 0 Å². The number of hydrogen-bond donors (Lipinski definition) is 0. The zero-order valence-corrected chi connectivity index (χ0v) is 7.04. The molecule has 0 N–H and O–H groups in total.